The maximum Gasteiger partial charge on any atom is 0.223 e. The van der Waals surface area contributed by atoms with Crippen LogP contribution in [0.4, 0.5) is 4.39 Å². The van der Waals surface area contributed by atoms with E-state index in [0.29, 0.717) is 26.1 Å². The van der Waals surface area contributed by atoms with Gasteiger partial charge in [-0.2, -0.15) is 0 Å². The zero-order valence-corrected chi connectivity index (χ0v) is 12.5. The average molecular weight is 295 g/mol. The molecule has 1 amide bonds. The lowest BCUT2D eigenvalue weighted by Gasteiger charge is -2.34. The number of carbonyl (C=O) groups excluding carboxylic acids is 1. The smallest absolute Gasteiger partial charge is 0.223 e. The van der Waals surface area contributed by atoms with Crippen LogP contribution in [0.15, 0.2) is 24.3 Å². The second-order valence-corrected chi connectivity index (χ2v) is 5.65. The lowest BCUT2D eigenvalue weighted by atomic mass is 9.97. The van der Waals surface area contributed by atoms with E-state index >= 15 is 0 Å². The van der Waals surface area contributed by atoms with Crippen molar-refractivity contribution in [2.45, 2.75) is 38.4 Å². The molecule has 1 N–H and O–H groups in total. The van der Waals surface area contributed by atoms with Crippen molar-refractivity contribution in [3.05, 3.63) is 35.6 Å². The fourth-order valence-corrected chi connectivity index (χ4v) is 2.49. The number of halogens is 1. The Bertz CT molecular complexity index is 475. The number of aliphatic hydroxyl groups excluding tert-OH is 1. The quantitative estimate of drug-likeness (QED) is 0.923. The van der Waals surface area contributed by atoms with Crippen LogP contribution in [0.1, 0.15) is 31.7 Å². The van der Waals surface area contributed by atoms with Crippen LogP contribution in [-0.4, -0.2) is 47.8 Å². The molecule has 0 radical (unpaired) electrons. The van der Waals surface area contributed by atoms with Gasteiger partial charge in [0.05, 0.1) is 12.7 Å². The molecule has 1 heterocycles. The fourth-order valence-electron chi connectivity index (χ4n) is 2.49. The van der Waals surface area contributed by atoms with Crippen LogP contribution in [0.3, 0.4) is 0 Å². The highest BCUT2D eigenvalue weighted by Gasteiger charge is 2.27. The number of benzene rings is 1. The summed E-state index contributed by atoms with van der Waals surface area (Å²) in [4.78, 5) is 14.1. The van der Waals surface area contributed by atoms with Crippen molar-refractivity contribution >= 4 is 5.91 Å². The molecule has 1 aromatic carbocycles. The molecule has 5 heteroatoms. The number of rotatable bonds is 4. The third-order valence-electron chi connectivity index (χ3n) is 3.90. The summed E-state index contributed by atoms with van der Waals surface area (Å²) in [6, 6.07) is 6.25. The zero-order valence-electron chi connectivity index (χ0n) is 12.5. The number of hydrogen-bond acceptors (Lipinski definition) is 3. The van der Waals surface area contributed by atoms with Gasteiger partial charge in [0.15, 0.2) is 0 Å². The van der Waals surface area contributed by atoms with Crippen molar-refractivity contribution in [1.82, 2.24) is 4.90 Å². The van der Waals surface area contributed by atoms with E-state index in [0.717, 1.165) is 5.56 Å². The van der Waals surface area contributed by atoms with Crippen LogP contribution < -0.4 is 0 Å². The molecular formula is C16H22FNO3. The molecule has 0 bridgehead atoms. The molecule has 21 heavy (non-hydrogen) atoms. The summed E-state index contributed by atoms with van der Waals surface area (Å²) in [5.41, 5.74) is 0.949. The molecule has 116 valence electrons. The van der Waals surface area contributed by atoms with Crippen LogP contribution in [0.25, 0.3) is 0 Å². The van der Waals surface area contributed by atoms with Crippen LogP contribution in [0.2, 0.25) is 0 Å². The summed E-state index contributed by atoms with van der Waals surface area (Å²) >= 11 is 0. The standard InChI is InChI=1S/C16H22FNO3/c1-11(13-3-5-14(17)6-4-13)9-16(20)18-7-8-21-15(10-18)12(2)19/h3-6,11-12,15,19H,7-10H2,1-2H3. The lowest BCUT2D eigenvalue weighted by Crippen LogP contribution is -2.49. The second-order valence-electron chi connectivity index (χ2n) is 5.65. The van der Waals surface area contributed by atoms with Gasteiger partial charge >= 0.3 is 0 Å². The van der Waals surface area contributed by atoms with Crippen molar-refractivity contribution in [2.75, 3.05) is 19.7 Å². The van der Waals surface area contributed by atoms with Crippen molar-refractivity contribution in [3.63, 3.8) is 0 Å². The normalized spacial score (nSPS) is 21.9. The van der Waals surface area contributed by atoms with Gasteiger partial charge in [-0.3, -0.25) is 4.79 Å². The highest BCUT2D eigenvalue weighted by atomic mass is 19.1. The average Bonchev–Trinajstić information content (AvgIpc) is 2.48. The molecule has 3 atom stereocenters. The number of nitrogens with zero attached hydrogens (tertiary/aromatic N) is 1. The van der Waals surface area contributed by atoms with Gasteiger partial charge in [0.1, 0.15) is 11.9 Å². The predicted octanol–water partition coefficient (Wildman–Crippen LogP) is 1.93. The molecule has 3 unspecified atom stereocenters. The van der Waals surface area contributed by atoms with Gasteiger partial charge in [-0.15, -0.1) is 0 Å². The van der Waals surface area contributed by atoms with E-state index in [1.54, 1.807) is 24.0 Å². The van der Waals surface area contributed by atoms with Gasteiger partial charge in [0.2, 0.25) is 5.91 Å². The number of carbonyl (C=O) groups is 1. The Morgan fingerprint density at radius 2 is 2.10 bits per heavy atom. The molecule has 0 aliphatic carbocycles. The highest BCUT2D eigenvalue weighted by Crippen LogP contribution is 2.21. The van der Waals surface area contributed by atoms with Gasteiger partial charge in [-0.25, -0.2) is 4.39 Å². The van der Waals surface area contributed by atoms with E-state index in [-0.39, 0.29) is 23.7 Å². The van der Waals surface area contributed by atoms with Crippen molar-refractivity contribution in [1.29, 1.82) is 0 Å². The van der Waals surface area contributed by atoms with Crippen molar-refractivity contribution in [3.8, 4) is 0 Å². The molecule has 0 saturated carbocycles. The Labute approximate surface area is 124 Å². The van der Waals surface area contributed by atoms with Crippen LogP contribution in [0, 0.1) is 5.82 Å². The van der Waals surface area contributed by atoms with Crippen LogP contribution >= 0.6 is 0 Å². The second kappa shape index (κ2) is 7.00. The van der Waals surface area contributed by atoms with Crippen LogP contribution in [-0.2, 0) is 9.53 Å². The molecule has 1 aromatic rings. The van der Waals surface area contributed by atoms with E-state index in [4.69, 9.17) is 4.74 Å². The number of amides is 1. The summed E-state index contributed by atoms with van der Waals surface area (Å²) in [5.74, 6) is -0.197. The minimum Gasteiger partial charge on any atom is -0.391 e. The number of hydrogen-bond donors (Lipinski definition) is 1. The Hall–Kier alpha value is -1.46. The molecule has 1 fully saturated rings. The SMILES string of the molecule is CC(CC(=O)N1CCOC(C(C)O)C1)c1ccc(F)cc1. The number of ether oxygens (including phenoxy) is 1. The molecule has 1 aliphatic heterocycles. The minimum atomic E-state index is -0.588. The Balaban J connectivity index is 1.92. The molecule has 0 aromatic heterocycles. The molecule has 0 spiro atoms. The first-order valence-corrected chi connectivity index (χ1v) is 7.30. The molecular weight excluding hydrogens is 273 g/mol. The summed E-state index contributed by atoms with van der Waals surface area (Å²) in [5, 5.41) is 9.56. The van der Waals surface area contributed by atoms with Crippen LogP contribution in [0.5, 0.6) is 0 Å². The number of aliphatic hydroxyl groups is 1. The summed E-state index contributed by atoms with van der Waals surface area (Å²) in [7, 11) is 0. The Morgan fingerprint density at radius 3 is 2.71 bits per heavy atom. The maximum absolute atomic E-state index is 12.9. The van der Waals surface area contributed by atoms with Crippen molar-refractivity contribution in [2.24, 2.45) is 0 Å². The van der Waals surface area contributed by atoms with Gasteiger partial charge in [0.25, 0.3) is 0 Å². The molecule has 2 rings (SSSR count). The van der Waals surface area contributed by atoms with E-state index in [1.807, 2.05) is 6.92 Å². The molecule has 1 aliphatic rings. The summed E-state index contributed by atoms with van der Waals surface area (Å²) < 4.78 is 18.3. The molecule has 1 saturated heterocycles. The number of morpholine rings is 1. The van der Waals surface area contributed by atoms with Crippen molar-refractivity contribution < 1.29 is 19.0 Å². The van der Waals surface area contributed by atoms with Gasteiger partial charge < -0.3 is 14.7 Å². The van der Waals surface area contributed by atoms with E-state index in [1.165, 1.54) is 12.1 Å². The Kier molecular flexibility index (Phi) is 5.31. The third kappa shape index (κ3) is 4.25. The first kappa shape index (κ1) is 15.9. The fraction of sp³-hybridized carbons (Fsp3) is 0.562. The zero-order chi connectivity index (χ0) is 15.4. The van der Waals surface area contributed by atoms with E-state index in [2.05, 4.69) is 0 Å². The van der Waals surface area contributed by atoms with E-state index < -0.39 is 6.10 Å². The summed E-state index contributed by atoms with van der Waals surface area (Å²) in [6.07, 6.45) is -0.531. The first-order chi connectivity index (χ1) is 9.97. The topological polar surface area (TPSA) is 49.8 Å². The van der Waals surface area contributed by atoms with Gasteiger partial charge in [-0.1, -0.05) is 19.1 Å². The van der Waals surface area contributed by atoms with E-state index in [9.17, 15) is 14.3 Å². The van der Waals surface area contributed by atoms with Gasteiger partial charge in [0, 0.05) is 19.5 Å². The predicted molar refractivity (Wildman–Crippen MR) is 77.4 cm³/mol. The van der Waals surface area contributed by atoms with Gasteiger partial charge in [-0.05, 0) is 30.5 Å². The maximum atomic E-state index is 12.9. The largest absolute Gasteiger partial charge is 0.391 e. The highest BCUT2D eigenvalue weighted by molar-refractivity contribution is 5.77. The Morgan fingerprint density at radius 1 is 1.43 bits per heavy atom. The lowest BCUT2D eigenvalue weighted by molar-refractivity contribution is -0.143. The first-order valence-electron chi connectivity index (χ1n) is 7.30. The monoisotopic (exact) mass is 295 g/mol. The minimum absolute atomic E-state index is 0.0333. The summed E-state index contributed by atoms with van der Waals surface area (Å²) in [6.45, 7) is 5.05. The molecule has 4 nitrogen and oxygen atoms in total. The third-order valence-corrected chi connectivity index (χ3v) is 3.90.